The van der Waals surface area contributed by atoms with Crippen molar-refractivity contribution in [2.75, 3.05) is 0 Å². The number of fused-ring (bicyclic) bond motifs is 9. The van der Waals surface area contributed by atoms with Gasteiger partial charge >= 0.3 is 0 Å². The largest absolute Gasteiger partial charge is 0.456 e. The molecule has 3 aromatic heterocycles. The van der Waals surface area contributed by atoms with E-state index in [1.54, 1.807) is 0 Å². The third-order valence-corrected chi connectivity index (χ3v) is 10.1. The molecular formula is C47H27N3O2. The Morgan fingerprint density at radius 1 is 0.327 bits per heavy atom. The Kier molecular flexibility index (Phi) is 6.18. The van der Waals surface area contributed by atoms with E-state index in [9.17, 15) is 0 Å². The molecule has 3 heterocycles. The van der Waals surface area contributed by atoms with Crippen LogP contribution in [0.3, 0.4) is 0 Å². The van der Waals surface area contributed by atoms with Crippen LogP contribution in [-0.4, -0.2) is 15.0 Å². The highest BCUT2D eigenvalue weighted by molar-refractivity contribution is 6.22. The molecular weight excluding hydrogens is 639 g/mol. The number of benzene rings is 8. The minimum absolute atomic E-state index is 0.573. The molecule has 0 saturated carbocycles. The number of rotatable bonds is 4. The fourth-order valence-corrected chi connectivity index (χ4v) is 7.64. The van der Waals surface area contributed by atoms with E-state index < -0.39 is 0 Å². The summed E-state index contributed by atoms with van der Waals surface area (Å²) in [5.41, 5.74) is 8.25. The molecule has 0 amide bonds. The Morgan fingerprint density at radius 3 is 1.88 bits per heavy atom. The number of nitrogens with zero attached hydrogens (tertiary/aromatic N) is 3. The molecule has 0 fully saturated rings. The third-order valence-electron chi connectivity index (χ3n) is 10.1. The molecule has 0 aliphatic rings. The van der Waals surface area contributed by atoms with E-state index in [1.165, 1.54) is 10.8 Å². The minimum atomic E-state index is 0.573. The van der Waals surface area contributed by atoms with E-state index >= 15 is 0 Å². The highest BCUT2D eigenvalue weighted by atomic mass is 16.3. The molecule has 0 unspecified atom stereocenters. The van der Waals surface area contributed by atoms with Crippen molar-refractivity contribution in [1.29, 1.82) is 0 Å². The monoisotopic (exact) mass is 665 g/mol. The van der Waals surface area contributed by atoms with E-state index in [0.29, 0.717) is 17.5 Å². The van der Waals surface area contributed by atoms with Crippen LogP contribution in [0.15, 0.2) is 173 Å². The van der Waals surface area contributed by atoms with Gasteiger partial charge in [0.25, 0.3) is 0 Å². The van der Waals surface area contributed by atoms with Crippen molar-refractivity contribution in [2.45, 2.75) is 0 Å². The first-order valence-electron chi connectivity index (χ1n) is 17.3. The first kappa shape index (κ1) is 28.7. The summed E-state index contributed by atoms with van der Waals surface area (Å²) < 4.78 is 13.0. The zero-order chi connectivity index (χ0) is 34.2. The Labute approximate surface area is 297 Å². The van der Waals surface area contributed by atoms with Crippen LogP contribution in [0.4, 0.5) is 0 Å². The lowest BCUT2D eigenvalue weighted by Crippen LogP contribution is -2.00. The van der Waals surface area contributed by atoms with Crippen molar-refractivity contribution in [3.8, 4) is 45.3 Å². The summed E-state index contributed by atoms with van der Waals surface area (Å²) in [5.74, 6) is 1.76. The number of hydrogen-bond acceptors (Lipinski definition) is 5. The predicted octanol–water partition coefficient (Wildman–Crippen LogP) is 12.6. The van der Waals surface area contributed by atoms with Crippen LogP contribution >= 0.6 is 0 Å². The standard InChI is InChI=1S/C47H27N3O2/c1-2-12-29(13-3-1)45-48-46(32-23-24-36-35-16-8-9-19-40(35)51-42(36)26-32)50-47(49-45)38-27-39-43-33(31-22-21-28-11-4-5-14-30(28)25-31)18-10-20-41(43)52-44(39)37-17-7-6-15-34(37)38/h1-27H. The zero-order valence-corrected chi connectivity index (χ0v) is 27.7. The molecule has 0 saturated heterocycles. The molecule has 8 aromatic carbocycles. The summed E-state index contributed by atoms with van der Waals surface area (Å²) in [6, 6.07) is 56.3. The second-order valence-electron chi connectivity index (χ2n) is 13.2. The van der Waals surface area contributed by atoms with Gasteiger partial charge in [0.05, 0.1) is 0 Å². The van der Waals surface area contributed by atoms with Crippen LogP contribution in [0.1, 0.15) is 0 Å². The van der Waals surface area contributed by atoms with Crippen LogP contribution in [-0.2, 0) is 0 Å². The van der Waals surface area contributed by atoms with Crippen molar-refractivity contribution in [1.82, 2.24) is 15.0 Å². The summed E-state index contributed by atoms with van der Waals surface area (Å²) in [7, 11) is 0. The maximum atomic E-state index is 6.69. The average Bonchev–Trinajstić information content (AvgIpc) is 3.79. The molecule has 0 aliphatic carbocycles. The van der Waals surface area contributed by atoms with E-state index in [2.05, 4.69) is 109 Å². The second kappa shape index (κ2) is 11.2. The van der Waals surface area contributed by atoms with Crippen LogP contribution in [0.2, 0.25) is 0 Å². The highest BCUT2D eigenvalue weighted by Crippen LogP contribution is 2.43. The van der Waals surface area contributed by atoms with Gasteiger partial charge in [0.1, 0.15) is 22.3 Å². The number of furan rings is 2. The molecule has 0 radical (unpaired) electrons. The van der Waals surface area contributed by atoms with Gasteiger partial charge in [-0.05, 0) is 63.7 Å². The second-order valence-corrected chi connectivity index (χ2v) is 13.2. The van der Waals surface area contributed by atoms with Crippen molar-refractivity contribution in [2.24, 2.45) is 0 Å². The fourth-order valence-electron chi connectivity index (χ4n) is 7.64. The third kappa shape index (κ3) is 4.46. The lowest BCUT2D eigenvalue weighted by molar-refractivity contribution is 0.669. The molecule has 52 heavy (non-hydrogen) atoms. The summed E-state index contributed by atoms with van der Waals surface area (Å²) in [6.45, 7) is 0. The van der Waals surface area contributed by atoms with Crippen LogP contribution < -0.4 is 0 Å². The molecule has 0 aliphatic heterocycles. The van der Waals surface area contributed by atoms with E-state index in [1.807, 2.05) is 54.6 Å². The Hall–Kier alpha value is -7.11. The predicted molar refractivity (Wildman–Crippen MR) is 211 cm³/mol. The molecule has 11 rings (SSSR count). The molecule has 11 aromatic rings. The highest BCUT2D eigenvalue weighted by Gasteiger charge is 2.21. The zero-order valence-electron chi connectivity index (χ0n) is 27.7. The number of aromatic nitrogens is 3. The smallest absolute Gasteiger partial charge is 0.164 e. The van der Waals surface area contributed by atoms with Crippen molar-refractivity contribution in [3.63, 3.8) is 0 Å². The minimum Gasteiger partial charge on any atom is -0.456 e. The summed E-state index contributed by atoms with van der Waals surface area (Å²) in [6.07, 6.45) is 0. The maximum absolute atomic E-state index is 6.69. The average molecular weight is 666 g/mol. The van der Waals surface area contributed by atoms with Crippen LogP contribution in [0.5, 0.6) is 0 Å². The van der Waals surface area contributed by atoms with Gasteiger partial charge in [-0.2, -0.15) is 0 Å². The molecule has 5 nitrogen and oxygen atoms in total. The van der Waals surface area contributed by atoms with Crippen molar-refractivity contribution >= 4 is 65.4 Å². The van der Waals surface area contributed by atoms with Crippen molar-refractivity contribution < 1.29 is 8.83 Å². The summed E-state index contributed by atoms with van der Waals surface area (Å²) >= 11 is 0. The first-order valence-corrected chi connectivity index (χ1v) is 17.3. The van der Waals surface area contributed by atoms with Crippen LogP contribution in [0, 0.1) is 0 Å². The Bertz CT molecular complexity index is 3190. The van der Waals surface area contributed by atoms with Gasteiger partial charge in [-0.1, -0.05) is 127 Å². The summed E-state index contributed by atoms with van der Waals surface area (Å²) in [5, 5.41) is 8.63. The molecule has 0 bridgehead atoms. The first-order chi connectivity index (χ1) is 25.7. The molecule has 242 valence electrons. The lowest BCUT2D eigenvalue weighted by atomic mass is 9.94. The van der Waals surface area contributed by atoms with Gasteiger partial charge in [-0.25, -0.2) is 15.0 Å². The molecule has 0 spiro atoms. The van der Waals surface area contributed by atoms with Crippen LogP contribution in [0.25, 0.3) is 111 Å². The van der Waals surface area contributed by atoms with Gasteiger partial charge in [0.2, 0.25) is 0 Å². The Morgan fingerprint density at radius 2 is 1.00 bits per heavy atom. The van der Waals surface area contributed by atoms with E-state index in [0.717, 1.165) is 82.5 Å². The fraction of sp³-hybridized carbons (Fsp3) is 0. The van der Waals surface area contributed by atoms with Gasteiger partial charge in [-0.3, -0.25) is 0 Å². The molecule has 5 heteroatoms. The lowest BCUT2D eigenvalue weighted by Gasteiger charge is -2.11. The molecule has 0 N–H and O–H groups in total. The summed E-state index contributed by atoms with van der Waals surface area (Å²) in [4.78, 5) is 15.4. The van der Waals surface area contributed by atoms with E-state index in [4.69, 9.17) is 23.8 Å². The normalized spacial score (nSPS) is 11.8. The van der Waals surface area contributed by atoms with Gasteiger partial charge in [0.15, 0.2) is 17.5 Å². The van der Waals surface area contributed by atoms with Crippen molar-refractivity contribution in [3.05, 3.63) is 164 Å². The maximum Gasteiger partial charge on any atom is 0.164 e. The quantitative estimate of drug-likeness (QED) is 0.187. The Balaban J connectivity index is 1.18. The van der Waals surface area contributed by atoms with Gasteiger partial charge in [-0.15, -0.1) is 0 Å². The topological polar surface area (TPSA) is 65.0 Å². The van der Waals surface area contributed by atoms with Gasteiger partial charge < -0.3 is 8.83 Å². The van der Waals surface area contributed by atoms with Gasteiger partial charge in [0, 0.05) is 43.6 Å². The van der Waals surface area contributed by atoms with E-state index in [-0.39, 0.29) is 0 Å². The number of para-hydroxylation sites is 1. The molecule has 0 atom stereocenters. The SMILES string of the molecule is c1ccc(-c2nc(-c3ccc4c(c3)oc3ccccc34)nc(-c3cc4c(oc5cccc(-c6ccc7ccccc7c6)c54)c4ccccc34)n2)cc1. The number of hydrogen-bond donors (Lipinski definition) is 0.